The van der Waals surface area contributed by atoms with Crippen LogP contribution in [0.3, 0.4) is 0 Å². The predicted molar refractivity (Wildman–Crippen MR) is 181 cm³/mol. The summed E-state index contributed by atoms with van der Waals surface area (Å²) in [7, 11) is 2.12. The number of likely N-dealkylation sites (N-methyl/N-ethyl adjacent to an activating group) is 1. The Morgan fingerprint density at radius 1 is 1.07 bits per heavy atom. The number of hydrogen-bond donors (Lipinski definition) is 2. The molecule has 2 N–H and O–H groups in total. The Hall–Kier alpha value is -3.98. The summed E-state index contributed by atoms with van der Waals surface area (Å²) in [6.07, 6.45) is 11.7. The van der Waals surface area contributed by atoms with Gasteiger partial charge in [0.25, 0.3) is 0 Å². The molecule has 0 bridgehead atoms. The molecule has 7 nitrogen and oxygen atoms in total. The average molecular weight is 620 g/mol. The number of anilines is 3. The van der Waals surface area contributed by atoms with Gasteiger partial charge in [-0.05, 0) is 66.8 Å². The van der Waals surface area contributed by atoms with Gasteiger partial charge >= 0.3 is 0 Å². The fraction of sp³-hybridized carbons (Fsp3) is 0.395. The molecule has 2 aromatic carbocycles. The fourth-order valence-corrected chi connectivity index (χ4v) is 7.68. The average Bonchev–Trinajstić information content (AvgIpc) is 3.86. The van der Waals surface area contributed by atoms with E-state index in [-0.39, 0.29) is 30.5 Å². The van der Waals surface area contributed by atoms with Gasteiger partial charge in [-0.25, -0.2) is 9.37 Å². The van der Waals surface area contributed by atoms with E-state index in [1.165, 1.54) is 18.4 Å². The molecule has 1 aromatic heterocycles. The second-order valence-electron chi connectivity index (χ2n) is 13.3. The van der Waals surface area contributed by atoms with Crippen molar-refractivity contribution in [2.75, 3.05) is 61.5 Å². The summed E-state index contributed by atoms with van der Waals surface area (Å²) in [5, 5.41) is 14.3. The molecular weight excluding hydrogens is 577 g/mol. The number of piperazine rings is 1. The highest BCUT2D eigenvalue weighted by molar-refractivity contribution is 5.81. The Labute approximate surface area is 270 Å². The van der Waals surface area contributed by atoms with Gasteiger partial charge in [0.1, 0.15) is 11.6 Å². The van der Waals surface area contributed by atoms with Gasteiger partial charge in [-0.3, -0.25) is 0 Å². The molecule has 0 radical (unpaired) electrons. The summed E-state index contributed by atoms with van der Waals surface area (Å²) in [5.74, 6) is 1.30. The standard InChI is InChI=1S/C38H42FN5O2/c1-24-28-10-8-26(25-6-7-25)20-37(28)46-19-18-44(24)36-5-3-4-29(33(36)23-45)30-12-13-40-38-32(30)22-35(41-38)31-11-9-27(21-34(31)39)43-16-14-42(2)15-17-43/h3-5,8-13,20-21,25,28,35,37,45H,1,6-7,14-19,22-23H2,2H3,(H,40,41). The highest BCUT2D eigenvalue weighted by atomic mass is 19.1. The number of nitrogens with zero attached hydrogens (tertiary/aromatic N) is 4. The van der Waals surface area contributed by atoms with E-state index >= 15 is 4.39 Å². The smallest absolute Gasteiger partial charge is 0.130 e. The SMILES string of the molecule is C=C1C2C=CC(C3CC3)=CC2OCCN1c1cccc(-c2ccnc3c2CC(c2ccc(N4CCN(C)CC4)cc2F)N3)c1CO. The maximum absolute atomic E-state index is 15.6. The lowest BCUT2D eigenvalue weighted by atomic mass is 9.88. The first-order chi connectivity index (χ1) is 22.5. The third kappa shape index (κ3) is 5.32. The Bertz CT molecular complexity index is 1720. The van der Waals surface area contributed by atoms with Crippen LogP contribution >= 0.6 is 0 Å². The molecule has 3 fully saturated rings. The van der Waals surface area contributed by atoms with E-state index in [2.05, 4.69) is 69.0 Å². The Kier molecular flexibility index (Phi) is 7.67. The van der Waals surface area contributed by atoms with Crippen molar-refractivity contribution in [3.63, 3.8) is 0 Å². The summed E-state index contributed by atoms with van der Waals surface area (Å²) >= 11 is 0. The lowest BCUT2D eigenvalue weighted by Crippen LogP contribution is -2.44. The maximum atomic E-state index is 15.6. The van der Waals surface area contributed by atoms with Crippen LogP contribution in [0.2, 0.25) is 0 Å². The molecule has 3 unspecified atom stereocenters. The Morgan fingerprint density at radius 3 is 2.70 bits per heavy atom. The molecule has 238 valence electrons. The lowest BCUT2D eigenvalue weighted by Gasteiger charge is -2.34. The second kappa shape index (κ2) is 12.0. The topological polar surface area (TPSA) is 64.1 Å². The number of aliphatic hydroxyl groups is 1. The van der Waals surface area contributed by atoms with Gasteiger partial charge in [-0.1, -0.05) is 43.0 Å². The molecule has 8 heteroatoms. The quantitative estimate of drug-likeness (QED) is 0.347. The van der Waals surface area contributed by atoms with Crippen molar-refractivity contribution in [2.24, 2.45) is 11.8 Å². The molecule has 5 aliphatic rings. The van der Waals surface area contributed by atoms with E-state index in [0.717, 1.165) is 71.3 Å². The predicted octanol–water partition coefficient (Wildman–Crippen LogP) is 6.08. The zero-order valence-electron chi connectivity index (χ0n) is 26.5. The molecule has 8 rings (SSSR count). The molecule has 0 amide bonds. The van der Waals surface area contributed by atoms with E-state index in [9.17, 15) is 5.11 Å². The minimum Gasteiger partial charge on any atom is -0.392 e. The summed E-state index contributed by atoms with van der Waals surface area (Å²) in [6, 6.07) is 13.6. The number of rotatable bonds is 6. The first-order valence-corrected chi connectivity index (χ1v) is 16.7. The van der Waals surface area contributed by atoms with Gasteiger partial charge in [0.2, 0.25) is 0 Å². The van der Waals surface area contributed by atoms with Crippen LogP contribution in [0.5, 0.6) is 0 Å². The van der Waals surface area contributed by atoms with Crippen LogP contribution in [0.25, 0.3) is 11.1 Å². The van der Waals surface area contributed by atoms with Crippen molar-refractivity contribution >= 4 is 17.2 Å². The highest BCUT2D eigenvalue weighted by Crippen LogP contribution is 2.45. The largest absolute Gasteiger partial charge is 0.392 e. The van der Waals surface area contributed by atoms with Gasteiger partial charge in [0.05, 0.1) is 25.4 Å². The third-order valence-electron chi connectivity index (χ3n) is 10.5. The number of halogens is 1. The van der Waals surface area contributed by atoms with Gasteiger partial charge in [-0.15, -0.1) is 0 Å². The normalized spacial score (nSPS) is 24.7. The third-order valence-corrected chi connectivity index (χ3v) is 10.5. The van der Waals surface area contributed by atoms with Crippen molar-refractivity contribution in [1.29, 1.82) is 0 Å². The molecule has 1 saturated carbocycles. The van der Waals surface area contributed by atoms with Crippen LogP contribution in [0.1, 0.15) is 35.6 Å². The monoisotopic (exact) mass is 619 g/mol. The fourth-order valence-electron chi connectivity index (χ4n) is 7.68. The van der Waals surface area contributed by atoms with Crippen LogP contribution in [-0.4, -0.2) is 67.5 Å². The highest BCUT2D eigenvalue weighted by Gasteiger charge is 2.35. The number of ether oxygens (including phenoxy) is 1. The number of aromatic nitrogens is 1. The number of hydrogen-bond acceptors (Lipinski definition) is 7. The minimum absolute atomic E-state index is 0.0126. The molecule has 0 spiro atoms. The summed E-state index contributed by atoms with van der Waals surface area (Å²) in [6.45, 7) is 9.41. The number of nitrogens with one attached hydrogen (secondary N) is 1. The molecule has 2 aliphatic carbocycles. The molecule has 3 aromatic rings. The van der Waals surface area contributed by atoms with Crippen molar-refractivity contribution in [3.05, 3.63) is 107 Å². The van der Waals surface area contributed by atoms with E-state index in [4.69, 9.17) is 4.74 Å². The van der Waals surface area contributed by atoms with E-state index in [0.29, 0.717) is 31.1 Å². The van der Waals surface area contributed by atoms with Crippen LogP contribution in [-0.2, 0) is 17.8 Å². The first kappa shape index (κ1) is 29.4. The zero-order valence-corrected chi connectivity index (χ0v) is 26.5. The number of pyridine rings is 1. The van der Waals surface area contributed by atoms with Crippen molar-refractivity contribution < 1.29 is 14.2 Å². The Morgan fingerprint density at radius 2 is 1.91 bits per heavy atom. The maximum Gasteiger partial charge on any atom is 0.130 e. The van der Waals surface area contributed by atoms with E-state index < -0.39 is 0 Å². The number of aliphatic hydroxyl groups excluding tert-OH is 1. The molecular formula is C38H42FN5O2. The van der Waals surface area contributed by atoms with Crippen LogP contribution in [0, 0.1) is 17.7 Å². The van der Waals surface area contributed by atoms with Gasteiger partial charge in [0.15, 0.2) is 0 Å². The second-order valence-corrected chi connectivity index (χ2v) is 13.3. The lowest BCUT2D eigenvalue weighted by molar-refractivity contribution is 0.0809. The number of benzene rings is 2. The zero-order chi connectivity index (χ0) is 31.4. The first-order valence-electron chi connectivity index (χ1n) is 16.7. The number of allylic oxidation sites excluding steroid dienone is 2. The molecule has 46 heavy (non-hydrogen) atoms. The van der Waals surface area contributed by atoms with Gasteiger partial charge < -0.3 is 29.9 Å². The van der Waals surface area contributed by atoms with Gasteiger partial charge in [-0.2, -0.15) is 0 Å². The van der Waals surface area contributed by atoms with Crippen LogP contribution in [0.4, 0.5) is 21.6 Å². The summed E-state index contributed by atoms with van der Waals surface area (Å²) in [5.41, 5.74) is 8.73. The summed E-state index contributed by atoms with van der Waals surface area (Å²) < 4.78 is 22.0. The van der Waals surface area contributed by atoms with Crippen LogP contribution in [0.15, 0.2) is 84.7 Å². The molecule has 3 aliphatic heterocycles. The van der Waals surface area contributed by atoms with Crippen molar-refractivity contribution in [3.8, 4) is 11.1 Å². The summed E-state index contributed by atoms with van der Waals surface area (Å²) in [4.78, 5) is 11.4. The van der Waals surface area contributed by atoms with E-state index in [1.54, 1.807) is 12.3 Å². The van der Waals surface area contributed by atoms with E-state index in [1.807, 2.05) is 24.3 Å². The number of fused-ring (bicyclic) bond motifs is 2. The van der Waals surface area contributed by atoms with Gasteiger partial charge in [0, 0.05) is 85.0 Å². The Balaban J connectivity index is 1.07. The van der Waals surface area contributed by atoms with Crippen molar-refractivity contribution in [2.45, 2.75) is 38.0 Å². The minimum atomic E-state index is -0.225. The molecule has 4 heterocycles. The van der Waals surface area contributed by atoms with Crippen molar-refractivity contribution in [1.82, 2.24) is 9.88 Å². The molecule has 2 saturated heterocycles. The van der Waals surface area contributed by atoms with Crippen LogP contribution < -0.4 is 15.1 Å². The molecule has 3 atom stereocenters.